The maximum Gasteiger partial charge on any atom is 0.418 e. The number of carbonyl (C=O) groups excluding carboxylic acids is 3. The Hall–Kier alpha value is -3.36. The van der Waals surface area contributed by atoms with Gasteiger partial charge in [0.1, 0.15) is 0 Å². The molecule has 0 aliphatic carbocycles. The molecule has 3 amide bonds. The van der Waals surface area contributed by atoms with Crippen molar-refractivity contribution in [3.8, 4) is 0 Å². The Morgan fingerprint density at radius 2 is 1.62 bits per heavy atom. The van der Waals surface area contributed by atoms with Crippen LogP contribution in [0.5, 0.6) is 0 Å². The van der Waals surface area contributed by atoms with E-state index in [1.165, 1.54) is 13.0 Å². The van der Waals surface area contributed by atoms with Crippen LogP contribution in [0.1, 0.15) is 24.5 Å². The molecule has 154 valence electrons. The topological polar surface area (TPSA) is 87.3 Å². The maximum atomic E-state index is 13.3. The molecule has 0 unspecified atom stereocenters. The number of carbonyl (C=O) groups is 3. The summed E-state index contributed by atoms with van der Waals surface area (Å²) in [6.07, 6.45) is -4.77. The fourth-order valence-electron chi connectivity index (χ4n) is 2.54. The van der Waals surface area contributed by atoms with E-state index in [1.54, 1.807) is 24.3 Å². The van der Waals surface area contributed by atoms with Gasteiger partial charge in [-0.2, -0.15) is 13.2 Å². The first-order valence-corrected chi connectivity index (χ1v) is 8.74. The van der Waals surface area contributed by atoms with Crippen LogP contribution in [0.15, 0.2) is 48.5 Å². The van der Waals surface area contributed by atoms with Gasteiger partial charge >= 0.3 is 6.18 Å². The fourth-order valence-corrected chi connectivity index (χ4v) is 2.54. The van der Waals surface area contributed by atoms with Crippen LogP contribution in [-0.4, -0.2) is 24.3 Å². The summed E-state index contributed by atoms with van der Waals surface area (Å²) in [4.78, 5) is 34.9. The van der Waals surface area contributed by atoms with Gasteiger partial charge in [0, 0.05) is 25.6 Å². The van der Waals surface area contributed by atoms with Gasteiger partial charge in [-0.3, -0.25) is 14.4 Å². The Bertz CT molecular complexity index is 884. The van der Waals surface area contributed by atoms with Crippen LogP contribution in [0.3, 0.4) is 0 Å². The van der Waals surface area contributed by atoms with E-state index >= 15 is 0 Å². The maximum absolute atomic E-state index is 13.3. The van der Waals surface area contributed by atoms with Gasteiger partial charge in [0.25, 0.3) is 0 Å². The lowest BCUT2D eigenvalue weighted by atomic mass is 10.1. The lowest BCUT2D eigenvalue weighted by molar-refractivity contribution is -0.137. The molecule has 0 aromatic heterocycles. The van der Waals surface area contributed by atoms with E-state index < -0.39 is 29.2 Å². The molecule has 0 bridgehead atoms. The van der Waals surface area contributed by atoms with E-state index in [0.717, 1.165) is 17.7 Å². The van der Waals surface area contributed by atoms with E-state index in [0.29, 0.717) is 0 Å². The van der Waals surface area contributed by atoms with Crippen molar-refractivity contribution in [2.24, 2.45) is 0 Å². The number of halogens is 3. The summed E-state index contributed by atoms with van der Waals surface area (Å²) < 4.78 is 39.8. The zero-order valence-corrected chi connectivity index (χ0v) is 15.6. The lowest BCUT2D eigenvalue weighted by Gasteiger charge is -2.15. The van der Waals surface area contributed by atoms with Gasteiger partial charge < -0.3 is 16.0 Å². The Labute approximate surface area is 165 Å². The minimum atomic E-state index is -4.72. The summed E-state index contributed by atoms with van der Waals surface area (Å²) >= 11 is 0. The van der Waals surface area contributed by atoms with Crippen molar-refractivity contribution in [1.29, 1.82) is 0 Å². The van der Waals surface area contributed by atoms with Gasteiger partial charge in [-0.1, -0.05) is 30.3 Å². The van der Waals surface area contributed by atoms with E-state index in [2.05, 4.69) is 16.0 Å². The molecule has 0 spiro atoms. The molecule has 2 aromatic rings. The highest BCUT2D eigenvalue weighted by molar-refractivity contribution is 5.93. The molecule has 0 atom stereocenters. The Kier molecular flexibility index (Phi) is 7.35. The average molecular weight is 407 g/mol. The summed E-state index contributed by atoms with van der Waals surface area (Å²) in [6, 6.07) is 12.1. The number of alkyl halides is 3. The quantitative estimate of drug-likeness (QED) is 0.658. The summed E-state index contributed by atoms with van der Waals surface area (Å²) in [7, 11) is 0. The van der Waals surface area contributed by atoms with Crippen molar-refractivity contribution in [1.82, 2.24) is 5.32 Å². The van der Waals surface area contributed by atoms with Crippen LogP contribution in [0.25, 0.3) is 0 Å². The molecule has 0 heterocycles. The molecular formula is C20H20F3N3O3. The minimum Gasteiger partial charge on any atom is -0.355 e. The SMILES string of the molecule is CC(=O)Nc1ccc(NC(=O)CCNC(=O)Cc2ccccc2)c(C(F)(F)F)c1. The first kappa shape index (κ1) is 21.9. The molecule has 2 aromatic carbocycles. The molecule has 29 heavy (non-hydrogen) atoms. The first-order valence-electron chi connectivity index (χ1n) is 8.74. The van der Waals surface area contributed by atoms with Crippen molar-refractivity contribution in [3.63, 3.8) is 0 Å². The normalized spacial score (nSPS) is 10.9. The number of hydrogen-bond acceptors (Lipinski definition) is 3. The van der Waals surface area contributed by atoms with Crippen molar-refractivity contribution < 1.29 is 27.6 Å². The predicted octanol–water partition coefficient (Wildman–Crippen LogP) is 3.35. The number of rotatable bonds is 7. The molecule has 9 heteroatoms. The second kappa shape index (κ2) is 9.72. The molecular weight excluding hydrogens is 387 g/mol. The zero-order valence-electron chi connectivity index (χ0n) is 15.6. The van der Waals surface area contributed by atoms with E-state index in [-0.39, 0.29) is 31.0 Å². The first-order chi connectivity index (χ1) is 13.6. The van der Waals surface area contributed by atoms with E-state index in [1.807, 2.05) is 6.07 Å². The molecule has 6 nitrogen and oxygen atoms in total. The Balaban J connectivity index is 1.92. The van der Waals surface area contributed by atoms with E-state index in [9.17, 15) is 27.6 Å². The van der Waals surface area contributed by atoms with Gasteiger partial charge in [-0.15, -0.1) is 0 Å². The van der Waals surface area contributed by atoms with Crippen molar-refractivity contribution >= 4 is 29.1 Å². The van der Waals surface area contributed by atoms with Gasteiger partial charge in [-0.05, 0) is 23.8 Å². The van der Waals surface area contributed by atoms with Gasteiger partial charge in [-0.25, -0.2) is 0 Å². The van der Waals surface area contributed by atoms with Crippen molar-refractivity contribution in [2.75, 3.05) is 17.2 Å². The molecule has 0 fully saturated rings. The van der Waals surface area contributed by atoms with Crippen LogP contribution < -0.4 is 16.0 Å². The second-order valence-electron chi connectivity index (χ2n) is 6.25. The van der Waals surface area contributed by atoms with Crippen LogP contribution >= 0.6 is 0 Å². The molecule has 0 aliphatic heterocycles. The van der Waals surface area contributed by atoms with Gasteiger partial charge in [0.2, 0.25) is 17.7 Å². The smallest absolute Gasteiger partial charge is 0.355 e. The summed E-state index contributed by atoms with van der Waals surface area (Å²) in [5.74, 6) is -1.48. The largest absolute Gasteiger partial charge is 0.418 e. The third kappa shape index (κ3) is 7.28. The van der Waals surface area contributed by atoms with E-state index in [4.69, 9.17) is 0 Å². The van der Waals surface area contributed by atoms with Gasteiger partial charge in [0.05, 0.1) is 17.7 Å². The zero-order chi connectivity index (χ0) is 21.4. The second-order valence-corrected chi connectivity index (χ2v) is 6.25. The minimum absolute atomic E-state index is 0.0111. The van der Waals surface area contributed by atoms with Crippen LogP contribution in [0.4, 0.5) is 24.5 Å². The molecule has 0 aliphatic rings. The summed E-state index contributed by atoms with van der Waals surface area (Å²) in [5.41, 5.74) is -0.725. The van der Waals surface area contributed by atoms with Crippen molar-refractivity contribution in [3.05, 3.63) is 59.7 Å². The van der Waals surface area contributed by atoms with Crippen LogP contribution in [0.2, 0.25) is 0 Å². The number of benzene rings is 2. The summed E-state index contributed by atoms with van der Waals surface area (Å²) in [6.45, 7) is 1.16. The predicted molar refractivity (Wildman–Crippen MR) is 102 cm³/mol. The van der Waals surface area contributed by atoms with Crippen LogP contribution in [0, 0.1) is 0 Å². The third-order valence-electron chi connectivity index (χ3n) is 3.80. The fraction of sp³-hybridized carbons (Fsp3) is 0.250. The lowest BCUT2D eigenvalue weighted by Crippen LogP contribution is -2.29. The Morgan fingerprint density at radius 3 is 2.24 bits per heavy atom. The highest BCUT2D eigenvalue weighted by Gasteiger charge is 2.34. The monoisotopic (exact) mass is 407 g/mol. The van der Waals surface area contributed by atoms with Crippen molar-refractivity contribution in [2.45, 2.75) is 25.9 Å². The number of amides is 3. The highest BCUT2D eigenvalue weighted by Crippen LogP contribution is 2.36. The number of anilines is 2. The molecule has 3 N–H and O–H groups in total. The third-order valence-corrected chi connectivity index (χ3v) is 3.80. The molecule has 0 radical (unpaired) electrons. The summed E-state index contributed by atoms with van der Waals surface area (Å²) in [5, 5.41) is 7.02. The Morgan fingerprint density at radius 1 is 0.931 bits per heavy atom. The van der Waals surface area contributed by atoms with Crippen LogP contribution in [-0.2, 0) is 27.0 Å². The standard InChI is InChI=1S/C20H20F3N3O3/c1-13(27)25-15-7-8-17(16(12-15)20(21,22)23)26-18(28)9-10-24-19(29)11-14-5-3-2-4-6-14/h2-8,12H,9-11H2,1H3,(H,24,29)(H,25,27)(H,26,28). The molecule has 0 saturated carbocycles. The molecule has 2 rings (SSSR count). The number of nitrogens with one attached hydrogen (secondary N) is 3. The molecule has 0 saturated heterocycles. The average Bonchev–Trinajstić information content (AvgIpc) is 2.62. The number of hydrogen-bond donors (Lipinski definition) is 3. The van der Waals surface area contributed by atoms with Gasteiger partial charge in [0.15, 0.2) is 0 Å². The highest BCUT2D eigenvalue weighted by atomic mass is 19.4.